The summed E-state index contributed by atoms with van der Waals surface area (Å²) >= 11 is 18.0. The number of carbonyl (C=O) groups excluding carboxylic acids is 2. The Morgan fingerprint density at radius 2 is 1.81 bits per heavy atom. The lowest BCUT2D eigenvalue weighted by molar-refractivity contribution is -0.123. The van der Waals surface area contributed by atoms with E-state index in [1.165, 1.54) is 38.5 Å². The van der Waals surface area contributed by atoms with Crippen molar-refractivity contribution in [3.63, 3.8) is 0 Å². The number of halogens is 2. The number of ether oxygens (including phenoxy) is 2. The minimum atomic E-state index is -0.691. The van der Waals surface area contributed by atoms with E-state index in [9.17, 15) is 14.7 Å². The first-order valence-corrected chi connectivity index (χ1v) is 10.5. The van der Waals surface area contributed by atoms with Gasteiger partial charge in [0.15, 0.2) is 15.8 Å². The number of carbonyl (C=O) groups is 2. The molecule has 0 aromatic heterocycles. The highest BCUT2D eigenvalue weighted by Crippen LogP contribution is 2.39. The van der Waals surface area contributed by atoms with Crippen molar-refractivity contribution in [2.24, 2.45) is 0 Å². The lowest BCUT2D eigenvalue weighted by atomic mass is 10.1. The van der Waals surface area contributed by atoms with Gasteiger partial charge in [0, 0.05) is 5.69 Å². The minimum absolute atomic E-state index is 0.137. The standard InChI is InChI=1S/C19H15Cl2N3O5S2/c1-28-13-5-9(6-14(29-2)16(13)25)7-15-17(26)24(19(30)31-15)23-18(27)22-10-3-4-11(20)12(21)8-10/h3-8,25H,1-2H3,(H2,22,23,27)/b15-7+. The fourth-order valence-corrected chi connectivity index (χ4v) is 4.02. The van der Waals surface area contributed by atoms with Crippen LogP contribution in [0.2, 0.25) is 10.0 Å². The van der Waals surface area contributed by atoms with E-state index in [1.807, 2.05) is 0 Å². The molecule has 3 N–H and O–H groups in total. The number of hydrogen-bond acceptors (Lipinski definition) is 7. The van der Waals surface area contributed by atoms with Gasteiger partial charge in [-0.3, -0.25) is 4.79 Å². The summed E-state index contributed by atoms with van der Waals surface area (Å²) in [4.78, 5) is 25.3. The molecule has 1 saturated heterocycles. The van der Waals surface area contributed by atoms with Gasteiger partial charge in [-0.05, 0) is 54.2 Å². The van der Waals surface area contributed by atoms with Crippen molar-refractivity contribution in [2.45, 2.75) is 0 Å². The highest BCUT2D eigenvalue weighted by Gasteiger charge is 2.33. The number of phenolic OH excluding ortho intramolecular Hbond substituents is 1. The number of nitrogens with zero attached hydrogens (tertiary/aromatic N) is 1. The van der Waals surface area contributed by atoms with Crippen LogP contribution in [0.5, 0.6) is 17.2 Å². The van der Waals surface area contributed by atoms with Crippen molar-refractivity contribution in [2.75, 3.05) is 19.5 Å². The van der Waals surface area contributed by atoms with Crippen LogP contribution in [0.3, 0.4) is 0 Å². The lowest BCUT2D eigenvalue weighted by Crippen LogP contribution is -2.46. The van der Waals surface area contributed by atoms with Crippen LogP contribution < -0.4 is 20.2 Å². The van der Waals surface area contributed by atoms with Gasteiger partial charge in [0.2, 0.25) is 5.75 Å². The van der Waals surface area contributed by atoms with E-state index < -0.39 is 11.9 Å². The van der Waals surface area contributed by atoms with E-state index in [1.54, 1.807) is 12.1 Å². The Balaban J connectivity index is 1.76. The minimum Gasteiger partial charge on any atom is -0.502 e. The molecular formula is C19H15Cl2N3O5S2. The second kappa shape index (κ2) is 9.65. The van der Waals surface area contributed by atoms with Crippen LogP contribution in [-0.2, 0) is 4.79 Å². The van der Waals surface area contributed by atoms with E-state index in [0.29, 0.717) is 16.3 Å². The molecule has 1 aliphatic rings. The predicted molar refractivity (Wildman–Crippen MR) is 125 cm³/mol. The second-order valence-electron chi connectivity index (χ2n) is 5.99. The maximum absolute atomic E-state index is 12.7. The summed E-state index contributed by atoms with van der Waals surface area (Å²) in [6.45, 7) is 0. The molecule has 2 aromatic carbocycles. The molecule has 31 heavy (non-hydrogen) atoms. The third-order valence-electron chi connectivity index (χ3n) is 3.98. The van der Waals surface area contributed by atoms with E-state index in [2.05, 4.69) is 10.7 Å². The van der Waals surface area contributed by atoms with E-state index >= 15 is 0 Å². The quantitative estimate of drug-likeness (QED) is 0.406. The number of thiocarbonyl (C=S) groups is 1. The smallest absolute Gasteiger partial charge is 0.338 e. The van der Waals surface area contributed by atoms with Crippen molar-refractivity contribution in [3.05, 3.63) is 50.8 Å². The highest BCUT2D eigenvalue weighted by molar-refractivity contribution is 8.26. The summed E-state index contributed by atoms with van der Waals surface area (Å²) in [6, 6.07) is 6.94. The average molecular weight is 500 g/mol. The van der Waals surface area contributed by atoms with E-state index in [4.69, 9.17) is 44.9 Å². The summed E-state index contributed by atoms with van der Waals surface area (Å²) < 4.78 is 10.4. The molecule has 12 heteroatoms. The number of hydrazine groups is 1. The molecule has 8 nitrogen and oxygen atoms in total. The van der Waals surface area contributed by atoms with Gasteiger partial charge in [0.25, 0.3) is 5.91 Å². The monoisotopic (exact) mass is 499 g/mol. The number of aromatic hydroxyl groups is 1. The number of urea groups is 1. The molecule has 0 unspecified atom stereocenters. The molecule has 3 amide bonds. The van der Waals surface area contributed by atoms with Crippen molar-refractivity contribution in [1.82, 2.24) is 10.4 Å². The largest absolute Gasteiger partial charge is 0.502 e. The number of thioether (sulfide) groups is 1. The number of amides is 3. The number of anilines is 1. The third-order valence-corrected chi connectivity index (χ3v) is 6.03. The Morgan fingerprint density at radius 1 is 1.16 bits per heavy atom. The van der Waals surface area contributed by atoms with Crippen molar-refractivity contribution in [3.8, 4) is 17.2 Å². The number of hydrogen-bond donors (Lipinski definition) is 3. The van der Waals surface area contributed by atoms with E-state index in [-0.39, 0.29) is 31.5 Å². The first-order valence-electron chi connectivity index (χ1n) is 8.49. The van der Waals surface area contributed by atoms with Gasteiger partial charge >= 0.3 is 6.03 Å². The third kappa shape index (κ3) is 5.16. The summed E-state index contributed by atoms with van der Waals surface area (Å²) in [5.74, 6) is -0.318. The zero-order valence-electron chi connectivity index (χ0n) is 16.1. The van der Waals surface area contributed by atoms with Crippen molar-refractivity contribution < 1.29 is 24.2 Å². The molecule has 2 aromatic rings. The molecule has 0 saturated carbocycles. The molecule has 3 rings (SSSR count). The molecule has 1 aliphatic heterocycles. The van der Waals surface area contributed by atoms with E-state index in [0.717, 1.165) is 16.8 Å². The zero-order chi connectivity index (χ0) is 22.7. The summed E-state index contributed by atoms with van der Waals surface area (Å²) in [5.41, 5.74) is 3.32. The van der Waals surface area contributed by atoms with Crippen LogP contribution >= 0.6 is 47.2 Å². The lowest BCUT2D eigenvalue weighted by Gasteiger charge is -2.16. The molecule has 162 valence electrons. The first-order chi connectivity index (χ1) is 14.7. The van der Waals surface area contributed by atoms with Crippen LogP contribution in [0.4, 0.5) is 10.5 Å². The van der Waals surface area contributed by atoms with Gasteiger partial charge in [-0.2, -0.15) is 5.01 Å². The summed E-state index contributed by atoms with van der Waals surface area (Å²) in [5, 5.41) is 14.1. The normalized spacial score (nSPS) is 14.7. The fourth-order valence-electron chi connectivity index (χ4n) is 2.55. The molecular weight excluding hydrogens is 485 g/mol. The van der Waals surface area contributed by atoms with Gasteiger partial charge < -0.3 is 19.9 Å². The maximum atomic E-state index is 12.7. The SMILES string of the molecule is COc1cc(/C=C2/SC(=S)N(NC(=O)Nc3ccc(Cl)c(Cl)c3)C2=O)cc(OC)c1O. The van der Waals surface area contributed by atoms with Crippen molar-refractivity contribution in [1.29, 1.82) is 0 Å². The fraction of sp³-hybridized carbons (Fsp3) is 0.105. The zero-order valence-corrected chi connectivity index (χ0v) is 19.2. The predicted octanol–water partition coefficient (Wildman–Crippen LogP) is 4.65. The highest BCUT2D eigenvalue weighted by atomic mass is 35.5. The topological polar surface area (TPSA) is 100 Å². The number of phenols is 1. The van der Waals surface area contributed by atoms with Crippen molar-refractivity contribution >= 4 is 75.2 Å². The van der Waals surface area contributed by atoms with Gasteiger partial charge in [-0.25, -0.2) is 10.2 Å². The summed E-state index contributed by atoms with van der Waals surface area (Å²) in [6.07, 6.45) is 1.54. The van der Waals surface area contributed by atoms with Crippen LogP contribution in [0.25, 0.3) is 6.08 Å². The Morgan fingerprint density at radius 3 is 2.39 bits per heavy atom. The van der Waals surface area contributed by atoms with Gasteiger partial charge in [0.05, 0.1) is 29.2 Å². The van der Waals surface area contributed by atoms with Crippen LogP contribution in [0.1, 0.15) is 5.56 Å². The number of nitrogens with one attached hydrogen (secondary N) is 2. The second-order valence-corrected chi connectivity index (χ2v) is 8.48. The Kier molecular flexibility index (Phi) is 7.16. The number of rotatable bonds is 5. The average Bonchev–Trinajstić information content (AvgIpc) is 2.99. The molecule has 1 fully saturated rings. The molecule has 0 spiro atoms. The van der Waals surface area contributed by atoms with Gasteiger partial charge in [0.1, 0.15) is 0 Å². The number of benzene rings is 2. The number of methoxy groups -OCH3 is 2. The molecule has 0 aliphatic carbocycles. The van der Waals surface area contributed by atoms with Crippen LogP contribution in [-0.4, -0.2) is 40.6 Å². The Bertz CT molecular complexity index is 1080. The molecule has 1 heterocycles. The maximum Gasteiger partial charge on any atom is 0.338 e. The summed E-state index contributed by atoms with van der Waals surface area (Å²) in [7, 11) is 2.79. The first kappa shape index (κ1) is 23.0. The molecule has 0 atom stereocenters. The Labute approximate surface area is 197 Å². The van der Waals surface area contributed by atoms with Crippen LogP contribution in [0, 0.1) is 0 Å². The van der Waals surface area contributed by atoms with Crippen LogP contribution in [0.15, 0.2) is 35.2 Å². The molecule has 0 radical (unpaired) electrons. The van der Waals surface area contributed by atoms with Gasteiger partial charge in [-0.1, -0.05) is 35.0 Å². The van der Waals surface area contributed by atoms with Gasteiger partial charge in [-0.15, -0.1) is 0 Å². The Hall–Kier alpha value is -2.66. The molecule has 0 bridgehead atoms.